The molecule has 6 heteroatoms. The largest absolute Gasteiger partial charge is 0.508 e. The van der Waals surface area contributed by atoms with Crippen LogP contribution in [0.1, 0.15) is 17.2 Å². The molecule has 0 saturated heterocycles. The zero-order valence-electron chi connectivity index (χ0n) is 21.5. The Morgan fingerprint density at radius 3 is 1.72 bits per heavy atom. The van der Waals surface area contributed by atoms with E-state index in [2.05, 4.69) is 0 Å². The zero-order chi connectivity index (χ0) is 27.4. The molecule has 0 aromatic heterocycles. The van der Waals surface area contributed by atoms with E-state index in [1.54, 1.807) is 42.5 Å². The van der Waals surface area contributed by atoms with E-state index < -0.39 is 6.10 Å². The molecule has 0 spiro atoms. The molecule has 5 aromatic carbocycles. The van der Waals surface area contributed by atoms with Crippen molar-refractivity contribution in [1.29, 1.82) is 0 Å². The summed E-state index contributed by atoms with van der Waals surface area (Å²) in [5, 5.41) is 32.0. The van der Waals surface area contributed by atoms with Gasteiger partial charge in [0.15, 0.2) is 23.0 Å². The Morgan fingerprint density at radius 1 is 0.590 bits per heavy atom. The molecular weight excluding hydrogens is 492 g/mol. The van der Waals surface area contributed by atoms with Gasteiger partial charge in [-0.15, -0.1) is 0 Å². The van der Waals surface area contributed by atoms with Crippen LogP contribution in [0.5, 0.6) is 34.5 Å². The first kappa shape index (κ1) is 25.5. The molecule has 0 aliphatic heterocycles. The first-order chi connectivity index (χ1) is 19.0. The summed E-state index contributed by atoms with van der Waals surface area (Å²) in [6.07, 6.45) is -0.434. The van der Waals surface area contributed by atoms with Crippen molar-refractivity contribution < 1.29 is 29.5 Å². The Hall–Kier alpha value is -5.10. The van der Waals surface area contributed by atoms with Crippen molar-refractivity contribution in [2.24, 2.45) is 0 Å². The monoisotopic (exact) mass is 520 g/mol. The fraction of sp³-hybridized carbons (Fsp3) is 0.0909. The lowest BCUT2D eigenvalue weighted by molar-refractivity contribution is 0.236. The normalized spacial score (nSPS) is 10.8. The molecule has 6 nitrogen and oxygen atoms in total. The van der Waals surface area contributed by atoms with Gasteiger partial charge in [-0.2, -0.15) is 0 Å². The van der Waals surface area contributed by atoms with Gasteiger partial charge in [-0.05, 0) is 52.6 Å². The van der Waals surface area contributed by atoms with E-state index in [0.29, 0.717) is 28.2 Å². The summed E-state index contributed by atoms with van der Waals surface area (Å²) in [5.41, 5.74) is 4.09. The van der Waals surface area contributed by atoms with Crippen LogP contribution in [-0.2, 0) is 0 Å². The molecule has 0 bridgehead atoms. The average Bonchev–Trinajstić information content (AvgIpc) is 2.97. The van der Waals surface area contributed by atoms with Crippen molar-refractivity contribution in [1.82, 2.24) is 0 Å². The first-order valence-corrected chi connectivity index (χ1v) is 12.4. The molecule has 0 unspecified atom stereocenters. The molecule has 5 rings (SSSR count). The van der Waals surface area contributed by atoms with Gasteiger partial charge in [0, 0.05) is 5.56 Å². The molecule has 5 aromatic rings. The second kappa shape index (κ2) is 11.1. The predicted octanol–water partition coefficient (Wildman–Crippen LogP) is 7.32. The molecule has 0 radical (unpaired) electrons. The second-order valence-corrected chi connectivity index (χ2v) is 8.93. The molecule has 0 heterocycles. The number of ether oxygens (including phenoxy) is 3. The van der Waals surface area contributed by atoms with E-state index in [1.165, 1.54) is 20.3 Å². The van der Waals surface area contributed by atoms with Gasteiger partial charge >= 0.3 is 0 Å². The molecule has 0 aliphatic rings. The third kappa shape index (κ3) is 5.18. The van der Waals surface area contributed by atoms with Gasteiger partial charge in [0.2, 0.25) is 0 Å². The van der Waals surface area contributed by atoms with Gasteiger partial charge < -0.3 is 29.5 Å². The van der Waals surface area contributed by atoms with Gasteiger partial charge in [0.1, 0.15) is 17.6 Å². The summed E-state index contributed by atoms with van der Waals surface area (Å²) >= 11 is 0. The third-order valence-corrected chi connectivity index (χ3v) is 6.52. The Morgan fingerprint density at radius 2 is 1.18 bits per heavy atom. The molecule has 0 amide bonds. The SMILES string of the molecule is COc1cc(-c2ccc(O)cc2)c(OC)c(O)c1-c1ccc(OC(c2ccccc2)c2ccccc2)c(O)c1. The van der Waals surface area contributed by atoms with Crippen LogP contribution in [0.15, 0.2) is 109 Å². The number of benzene rings is 5. The first-order valence-electron chi connectivity index (χ1n) is 12.4. The summed E-state index contributed by atoms with van der Waals surface area (Å²) in [4.78, 5) is 0. The van der Waals surface area contributed by atoms with Gasteiger partial charge in [0.05, 0.1) is 19.8 Å². The van der Waals surface area contributed by atoms with Crippen molar-refractivity contribution in [2.45, 2.75) is 6.10 Å². The van der Waals surface area contributed by atoms with E-state index in [0.717, 1.165) is 16.7 Å². The lowest BCUT2D eigenvalue weighted by atomic mass is 9.96. The average molecular weight is 521 g/mol. The highest BCUT2D eigenvalue weighted by Crippen LogP contribution is 2.50. The number of rotatable bonds is 8. The van der Waals surface area contributed by atoms with E-state index in [-0.39, 0.29) is 23.0 Å². The highest BCUT2D eigenvalue weighted by Gasteiger charge is 2.23. The summed E-state index contributed by atoms with van der Waals surface area (Å²) in [7, 11) is 2.98. The predicted molar refractivity (Wildman–Crippen MR) is 151 cm³/mol. The minimum Gasteiger partial charge on any atom is -0.508 e. The quantitative estimate of drug-likeness (QED) is 0.199. The third-order valence-electron chi connectivity index (χ3n) is 6.52. The lowest BCUT2D eigenvalue weighted by Crippen LogP contribution is -2.09. The topological polar surface area (TPSA) is 88.4 Å². The van der Waals surface area contributed by atoms with Gasteiger partial charge in [0.25, 0.3) is 0 Å². The number of aromatic hydroxyl groups is 3. The molecule has 196 valence electrons. The number of phenols is 3. The van der Waals surface area contributed by atoms with E-state index in [1.807, 2.05) is 60.7 Å². The van der Waals surface area contributed by atoms with Crippen LogP contribution in [0.25, 0.3) is 22.3 Å². The van der Waals surface area contributed by atoms with Crippen LogP contribution in [0.2, 0.25) is 0 Å². The molecule has 3 N–H and O–H groups in total. The zero-order valence-corrected chi connectivity index (χ0v) is 21.5. The van der Waals surface area contributed by atoms with E-state index in [4.69, 9.17) is 14.2 Å². The van der Waals surface area contributed by atoms with Crippen molar-refractivity contribution in [3.63, 3.8) is 0 Å². The molecule has 0 aliphatic carbocycles. The summed E-state index contributed by atoms with van der Waals surface area (Å²) in [5.74, 6) is 0.819. The summed E-state index contributed by atoms with van der Waals surface area (Å²) in [6.45, 7) is 0. The van der Waals surface area contributed by atoms with Gasteiger partial charge in [-0.1, -0.05) is 78.9 Å². The standard InChI is InChI=1S/C33H28O6/c1-37-29-20-26(21-13-16-25(34)17-14-21)33(38-2)31(36)30(29)24-15-18-28(27(35)19-24)39-32(22-9-5-3-6-10-22)23-11-7-4-8-12-23/h3-20,32,34-36H,1-2H3. The molecule has 0 atom stereocenters. The maximum absolute atomic E-state index is 11.3. The maximum atomic E-state index is 11.3. The van der Waals surface area contributed by atoms with Gasteiger partial charge in [-0.3, -0.25) is 0 Å². The van der Waals surface area contributed by atoms with Crippen LogP contribution >= 0.6 is 0 Å². The molecular formula is C33H28O6. The molecule has 39 heavy (non-hydrogen) atoms. The molecule has 0 saturated carbocycles. The fourth-order valence-corrected chi connectivity index (χ4v) is 4.61. The number of phenolic OH excluding ortho intramolecular Hbond substituents is 3. The Kier molecular flexibility index (Phi) is 7.28. The van der Waals surface area contributed by atoms with Crippen molar-refractivity contribution >= 4 is 0 Å². The summed E-state index contributed by atoms with van der Waals surface area (Å²) in [6, 6.07) is 32.8. The van der Waals surface area contributed by atoms with Crippen molar-refractivity contribution in [3.8, 4) is 56.8 Å². The van der Waals surface area contributed by atoms with Crippen LogP contribution in [0.4, 0.5) is 0 Å². The minimum absolute atomic E-state index is 0.0904. The fourth-order valence-electron chi connectivity index (χ4n) is 4.61. The van der Waals surface area contributed by atoms with Crippen LogP contribution < -0.4 is 14.2 Å². The van der Waals surface area contributed by atoms with Gasteiger partial charge in [-0.25, -0.2) is 0 Å². The minimum atomic E-state index is -0.434. The Balaban J connectivity index is 1.55. The van der Waals surface area contributed by atoms with E-state index in [9.17, 15) is 15.3 Å². The van der Waals surface area contributed by atoms with E-state index >= 15 is 0 Å². The summed E-state index contributed by atoms with van der Waals surface area (Å²) < 4.78 is 17.5. The van der Waals surface area contributed by atoms with Crippen molar-refractivity contribution in [2.75, 3.05) is 14.2 Å². The van der Waals surface area contributed by atoms with Crippen LogP contribution in [0, 0.1) is 0 Å². The highest BCUT2D eigenvalue weighted by atomic mass is 16.5. The van der Waals surface area contributed by atoms with Crippen molar-refractivity contribution in [3.05, 3.63) is 120 Å². The number of methoxy groups -OCH3 is 2. The Bertz CT molecular complexity index is 1520. The smallest absolute Gasteiger partial charge is 0.170 e. The number of hydrogen-bond acceptors (Lipinski definition) is 6. The second-order valence-electron chi connectivity index (χ2n) is 8.93. The van der Waals surface area contributed by atoms with Crippen LogP contribution in [-0.4, -0.2) is 29.5 Å². The molecule has 0 fully saturated rings. The van der Waals surface area contributed by atoms with Crippen LogP contribution in [0.3, 0.4) is 0 Å². The lowest BCUT2D eigenvalue weighted by Gasteiger charge is -2.22. The Labute approximate surface area is 226 Å². The maximum Gasteiger partial charge on any atom is 0.170 e. The number of hydrogen-bond donors (Lipinski definition) is 3. The highest BCUT2D eigenvalue weighted by molar-refractivity contribution is 5.88.